The quantitative estimate of drug-likeness (QED) is 0.763. The number of hydrogen-bond donors (Lipinski definition) is 0. The van der Waals surface area contributed by atoms with Gasteiger partial charge in [-0.1, -0.05) is 27.7 Å². The van der Waals surface area contributed by atoms with Gasteiger partial charge in [-0.25, -0.2) is 4.98 Å². The van der Waals surface area contributed by atoms with E-state index in [4.69, 9.17) is 4.74 Å². The lowest BCUT2D eigenvalue weighted by atomic mass is 9.93. The fraction of sp³-hybridized carbons (Fsp3) is 0.667. The van der Waals surface area contributed by atoms with Gasteiger partial charge < -0.3 is 4.74 Å². The second-order valence-electron chi connectivity index (χ2n) is 4.80. The third-order valence-corrected chi connectivity index (χ3v) is 3.44. The Morgan fingerprint density at radius 2 is 2.19 bits per heavy atom. The average molecular weight is 241 g/mol. The van der Waals surface area contributed by atoms with Crippen molar-refractivity contribution >= 4 is 17.3 Å². The smallest absolute Gasteiger partial charge is 0.315 e. The van der Waals surface area contributed by atoms with Gasteiger partial charge in [0, 0.05) is 10.8 Å². The topological polar surface area (TPSA) is 39.2 Å². The molecule has 3 nitrogen and oxygen atoms in total. The van der Waals surface area contributed by atoms with Crippen molar-refractivity contribution in [2.75, 3.05) is 7.11 Å². The fourth-order valence-corrected chi connectivity index (χ4v) is 2.59. The summed E-state index contributed by atoms with van der Waals surface area (Å²) in [6.45, 7) is 8.32. The number of hydrogen-bond acceptors (Lipinski definition) is 4. The maximum atomic E-state index is 11.5. The summed E-state index contributed by atoms with van der Waals surface area (Å²) in [5.74, 6) is -0.414. The van der Waals surface area contributed by atoms with Gasteiger partial charge in [-0.3, -0.25) is 4.79 Å². The predicted molar refractivity (Wildman–Crippen MR) is 65.9 cm³/mol. The number of thiazole rings is 1. The Kier molecular flexibility index (Phi) is 4.08. The van der Waals surface area contributed by atoms with Crippen LogP contribution in [0.1, 0.15) is 50.7 Å². The van der Waals surface area contributed by atoms with Gasteiger partial charge in [-0.05, 0) is 6.42 Å². The van der Waals surface area contributed by atoms with Crippen molar-refractivity contribution in [2.45, 2.75) is 45.4 Å². The van der Waals surface area contributed by atoms with Gasteiger partial charge in [0.1, 0.15) is 10.9 Å². The molecule has 0 saturated carbocycles. The van der Waals surface area contributed by atoms with E-state index in [1.807, 2.05) is 12.3 Å². The predicted octanol–water partition coefficient (Wildman–Crippen LogP) is 3.11. The van der Waals surface area contributed by atoms with Gasteiger partial charge in [0.2, 0.25) is 0 Å². The van der Waals surface area contributed by atoms with Crippen LogP contribution in [0.3, 0.4) is 0 Å². The van der Waals surface area contributed by atoms with Crippen molar-refractivity contribution in [3.05, 3.63) is 16.1 Å². The minimum atomic E-state index is -0.217. The molecule has 90 valence electrons. The zero-order valence-electron chi connectivity index (χ0n) is 10.5. The van der Waals surface area contributed by atoms with E-state index in [0.717, 1.165) is 17.1 Å². The van der Waals surface area contributed by atoms with Crippen molar-refractivity contribution in [1.29, 1.82) is 0 Å². The van der Waals surface area contributed by atoms with Crippen LogP contribution in [0.5, 0.6) is 0 Å². The lowest BCUT2D eigenvalue weighted by molar-refractivity contribution is -0.142. The number of carbonyl (C=O) groups is 1. The highest BCUT2D eigenvalue weighted by Crippen LogP contribution is 2.29. The zero-order chi connectivity index (χ0) is 12.3. The third kappa shape index (κ3) is 2.82. The second kappa shape index (κ2) is 4.95. The van der Waals surface area contributed by atoms with Crippen LogP contribution in [0.2, 0.25) is 0 Å². The minimum Gasteiger partial charge on any atom is -0.468 e. The highest BCUT2D eigenvalue weighted by molar-refractivity contribution is 7.09. The Balaban J connectivity index is 2.96. The Labute approximate surface area is 101 Å². The first-order chi connectivity index (χ1) is 7.40. The van der Waals surface area contributed by atoms with Gasteiger partial charge in [-0.15, -0.1) is 11.3 Å². The molecule has 0 aliphatic heterocycles. The van der Waals surface area contributed by atoms with E-state index in [1.54, 1.807) is 11.3 Å². The summed E-state index contributed by atoms with van der Waals surface area (Å²) in [7, 11) is 1.42. The molecule has 0 N–H and O–H groups in total. The maximum absolute atomic E-state index is 11.5. The van der Waals surface area contributed by atoms with Gasteiger partial charge >= 0.3 is 5.97 Å². The van der Waals surface area contributed by atoms with Gasteiger partial charge in [-0.2, -0.15) is 0 Å². The number of aromatic nitrogens is 1. The van der Waals surface area contributed by atoms with Crippen LogP contribution in [0.4, 0.5) is 0 Å². The van der Waals surface area contributed by atoms with Gasteiger partial charge in [0.25, 0.3) is 0 Å². The van der Waals surface area contributed by atoms with Crippen LogP contribution in [0.25, 0.3) is 0 Å². The summed E-state index contributed by atoms with van der Waals surface area (Å²) < 4.78 is 4.78. The molecule has 1 rings (SSSR count). The van der Waals surface area contributed by atoms with Crippen molar-refractivity contribution in [2.24, 2.45) is 0 Å². The first-order valence-corrected chi connectivity index (χ1v) is 6.31. The molecule has 0 bridgehead atoms. The molecule has 0 saturated heterocycles. The van der Waals surface area contributed by atoms with Crippen LogP contribution >= 0.6 is 11.3 Å². The van der Waals surface area contributed by atoms with E-state index < -0.39 is 0 Å². The first-order valence-electron chi connectivity index (χ1n) is 5.43. The Morgan fingerprint density at radius 3 is 2.56 bits per heavy atom. The van der Waals surface area contributed by atoms with E-state index >= 15 is 0 Å². The van der Waals surface area contributed by atoms with Crippen LogP contribution < -0.4 is 0 Å². The summed E-state index contributed by atoms with van der Waals surface area (Å²) in [6.07, 6.45) is 0.726. The number of nitrogens with zero attached hydrogens (tertiary/aromatic N) is 1. The molecule has 1 aromatic rings. The summed E-state index contributed by atoms with van der Waals surface area (Å²) in [6, 6.07) is 0. The van der Waals surface area contributed by atoms with E-state index in [1.165, 1.54) is 7.11 Å². The highest BCUT2D eigenvalue weighted by Gasteiger charge is 2.25. The first kappa shape index (κ1) is 13.2. The average Bonchev–Trinajstić information content (AvgIpc) is 2.67. The molecule has 0 radical (unpaired) electrons. The van der Waals surface area contributed by atoms with E-state index in [9.17, 15) is 4.79 Å². The number of rotatable bonds is 3. The number of carbonyl (C=O) groups excluding carboxylic acids is 1. The fourth-order valence-electron chi connectivity index (χ4n) is 1.38. The number of ether oxygens (including phenoxy) is 1. The molecular formula is C12H19NO2S. The molecule has 0 spiro atoms. The molecule has 1 unspecified atom stereocenters. The molecule has 1 heterocycles. The zero-order valence-corrected chi connectivity index (χ0v) is 11.4. The summed E-state index contributed by atoms with van der Waals surface area (Å²) in [5, 5.41) is 2.89. The Bertz CT molecular complexity index is 365. The SMILES string of the molecule is CCC(C(=O)OC)c1nc(C(C)(C)C)cs1. The summed E-state index contributed by atoms with van der Waals surface area (Å²) in [5.41, 5.74) is 1.07. The van der Waals surface area contributed by atoms with Crippen LogP contribution in [-0.4, -0.2) is 18.1 Å². The lowest BCUT2D eigenvalue weighted by Crippen LogP contribution is -2.15. The molecular weight excluding hydrogens is 222 g/mol. The molecule has 4 heteroatoms. The lowest BCUT2D eigenvalue weighted by Gasteiger charge is -2.15. The normalized spacial score (nSPS) is 13.6. The van der Waals surface area contributed by atoms with Crippen LogP contribution in [-0.2, 0) is 14.9 Å². The van der Waals surface area contributed by atoms with E-state index in [-0.39, 0.29) is 17.3 Å². The molecule has 1 aromatic heterocycles. The van der Waals surface area contributed by atoms with E-state index in [2.05, 4.69) is 25.8 Å². The van der Waals surface area contributed by atoms with Gasteiger partial charge in [0.05, 0.1) is 12.8 Å². The molecule has 1 atom stereocenters. The van der Waals surface area contributed by atoms with E-state index in [0.29, 0.717) is 0 Å². The largest absolute Gasteiger partial charge is 0.468 e. The standard InChI is InChI=1S/C12H19NO2S/c1-6-8(11(14)15-5)10-13-9(7-16-10)12(2,3)4/h7-8H,6H2,1-5H3. The molecule has 16 heavy (non-hydrogen) atoms. The van der Waals surface area contributed by atoms with Crippen LogP contribution in [0.15, 0.2) is 5.38 Å². The Hall–Kier alpha value is -0.900. The van der Waals surface area contributed by atoms with Crippen molar-refractivity contribution < 1.29 is 9.53 Å². The maximum Gasteiger partial charge on any atom is 0.315 e. The number of methoxy groups -OCH3 is 1. The molecule has 0 fully saturated rings. The highest BCUT2D eigenvalue weighted by atomic mass is 32.1. The van der Waals surface area contributed by atoms with Gasteiger partial charge in [0.15, 0.2) is 0 Å². The van der Waals surface area contributed by atoms with Crippen molar-refractivity contribution in [3.63, 3.8) is 0 Å². The third-order valence-electron chi connectivity index (χ3n) is 2.48. The molecule has 0 aliphatic carbocycles. The minimum absolute atomic E-state index is 0.0309. The summed E-state index contributed by atoms with van der Waals surface area (Å²) >= 11 is 1.54. The molecule has 0 aliphatic rings. The molecule has 0 amide bonds. The van der Waals surface area contributed by atoms with Crippen molar-refractivity contribution in [1.82, 2.24) is 4.98 Å². The van der Waals surface area contributed by atoms with Crippen LogP contribution in [0, 0.1) is 0 Å². The monoisotopic (exact) mass is 241 g/mol. The summed E-state index contributed by atoms with van der Waals surface area (Å²) in [4.78, 5) is 16.1. The number of esters is 1. The second-order valence-corrected chi connectivity index (χ2v) is 5.69. The molecule has 0 aromatic carbocycles. The Morgan fingerprint density at radius 1 is 1.56 bits per heavy atom. The van der Waals surface area contributed by atoms with Crippen molar-refractivity contribution in [3.8, 4) is 0 Å².